The zero-order chi connectivity index (χ0) is 13.5. The molecular weight excluding hydrogens is 238 g/mol. The molecule has 102 valence electrons. The van der Waals surface area contributed by atoms with E-state index in [0.29, 0.717) is 6.04 Å². The Kier molecular flexibility index (Phi) is 4.89. The van der Waals surface area contributed by atoms with Gasteiger partial charge in [-0.1, -0.05) is 38.8 Å². The van der Waals surface area contributed by atoms with Gasteiger partial charge < -0.3 is 5.32 Å². The summed E-state index contributed by atoms with van der Waals surface area (Å²) >= 11 is 0. The molecule has 19 heavy (non-hydrogen) atoms. The lowest BCUT2D eigenvalue weighted by Crippen LogP contribution is -2.19. The van der Waals surface area contributed by atoms with Gasteiger partial charge in [-0.25, -0.2) is 0 Å². The first-order chi connectivity index (χ1) is 9.35. The molecule has 1 aromatic heterocycles. The van der Waals surface area contributed by atoms with Crippen molar-refractivity contribution in [1.82, 2.24) is 20.2 Å². The highest BCUT2D eigenvalue weighted by atomic mass is 15.5. The van der Waals surface area contributed by atoms with Crippen LogP contribution in [0.2, 0.25) is 0 Å². The van der Waals surface area contributed by atoms with Crippen LogP contribution in [-0.2, 0) is 0 Å². The highest BCUT2D eigenvalue weighted by Crippen LogP contribution is 2.21. The molecular formula is C14H21N5. The van der Waals surface area contributed by atoms with Crippen LogP contribution in [0.5, 0.6) is 0 Å². The van der Waals surface area contributed by atoms with Gasteiger partial charge >= 0.3 is 0 Å². The molecule has 0 saturated heterocycles. The monoisotopic (exact) mass is 259 g/mol. The van der Waals surface area contributed by atoms with E-state index in [1.807, 2.05) is 18.2 Å². The number of anilines is 1. The molecule has 1 N–H and O–H groups in total. The Hall–Kier alpha value is -1.91. The van der Waals surface area contributed by atoms with Gasteiger partial charge in [0, 0.05) is 6.04 Å². The van der Waals surface area contributed by atoms with Gasteiger partial charge in [-0.05, 0) is 35.4 Å². The first-order valence-electron chi connectivity index (χ1n) is 6.94. The van der Waals surface area contributed by atoms with Crippen LogP contribution in [-0.4, -0.2) is 26.2 Å². The van der Waals surface area contributed by atoms with Gasteiger partial charge in [-0.3, -0.25) is 0 Å². The molecule has 5 heteroatoms. The maximum atomic E-state index is 3.96. The number of nitrogens with zero attached hydrogens (tertiary/aromatic N) is 4. The van der Waals surface area contributed by atoms with Crippen molar-refractivity contribution in [2.45, 2.75) is 45.6 Å². The third kappa shape index (κ3) is 3.53. The summed E-state index contributed by atoms with van der Waals surface area (Å²) in [4.78, 5) is 0. The summed E-state index contributed by atoms with van der Waals surface area (Å²) in [5, 5.41) is 14.9. The summed E-state index contributed by atoms with van der Waals surface area (Å²) in [5.41, 5.74) is 2.07. The fourth-order valence-electron chi connectivity index (χ4n) is 2.12. The quantitative estimate of drug-likeness (QED) is 0.830. The predicted octanol–water partition coefficient (Wildman–Crippen LogP) is 3.04. The average molecular weight is 259 g/mol. The highest BCUT2D eigenvalue weighted by Gasteiger charge is 2.10. The highest BCUT2D eigenvalue weighted by molar-refractivity contribution is 5.60. The molecule has 0 aliphatic heterocycles. The van der Waals surface area contributed by atoms with Crippen LogP contribution in [0.25, 0.3) is 5.69 Å². The molecule has 2 aromatic rings. The molecule has 0 bridgehead atoms. The van der Waals surface area contributed by atoms with E-state index in [4.69, 9.17) is 0 Å². The van der Waals surface area contributed by atoms with Gasteiger partial charge in [0.2, 0.25) is 0 Å². The Labute approximate surface area is 114 Å². The topological polar surface area (TPSA) is 55.6 Å². The lowest BCUT2D eigenvalue weighted by atomic mass is 10.1. The Bertz CT molecular complexity index is 480. The number of aromatic nitrogens is 4. The Morgan fingerprint density at radius 2 is 2.11 bits per heavy atom. The largest absolute Gasteiger partial charge is 0.381 e. The van der Waals surface area contributed by atoms with Crippen LogP contribution in [0.1, 0.15) is 39.5 Å². The summed E-state index contributed by atoms with van der Waals surface area (Å²) in [5.74, 6) is 0. The number of para-hydroxylation sites is 2. The van der Waals surface area contributed by atoms with Crippen molar-refractivity contribution >= 4 is 5.69 Å². The second kappa shape index (κ2) is 6.87. The van der Waals surface area contributed by atoms with E-state index >= 15 is 0 Å². The molecule has 1 heterocycles. The molecule has 0 aliphatic rings. The number of tetrazole rings is 1. The minimum atomic E-state index is 0.498. The number of rotatable bonds is 7. The van der Waals surface area contributed by atoms with E-state index < -0.39 is 0 Å². The number of unbranched alkanes of at least 4 members (excludes halogenated alkanes) is 1. The minimum Gasteiger partial charge on any atom is -0.381 e. The summed E-state index contributed by atoms with van der Waals surface area (Å²) in [7, 11) is 0. The van der Waals surface area contributed by atoms with Gasteiger partial charge in [0.05, 0.1) is 11.4 Å². The van der Waals surface area contributed by atoms with E-state index in [-0.39, 0.29) is 0 Å². The molecule has 1 unspecified atom stereocenters. The summed E-state index contributed by atoms with van der Waals surface area (Å²) in [6, 6.07) is 8.62. The maximum absolute atomic E-state index is 3.96. The number of hydrogen-bond acceptors (Lipinski definition) is 4. The van der Waals surface area contributed by atoms with E-state index in [1.165, 1.54) is 19.3 Å². The molecule has 5 nitrogen and oxygen atoms in total. The lowest BCUT2D eigenvalue weighted by Gasteiger charge is -2.20. The van der Waals surface area contributed by atoms with Crippen molar-refractivity contribution in [3.05, 3.63) is 30.6 Å². The molecule has 1 aromatic carbocycles. The van der Waals surface area contributed by atoms with Crippen molar-refractivity contribution in [3.8, 4) is 5.69 Å². The first kappa shape index (κ1) is 13.5. The van der Waals surface area contributed by atoms with Gasteiger partial charge in [-0.2, -0.15) is 4.68 Å². The van der Waals surface area contributed by atoms with E-state index in [2.05, 4.69) is 40.8 Å². The Balaban J connectivity index is 2.15. The van der Waals surface area contributed by atoms with Crippen molar-refractivity contribution in [1.29, 1.82) is 0 Å². The van der Waals surface area contributed by atoms with Gasteiger partial charge in [0.1, 0.15) is 6.33 Å². The molecule has 0 amide bonds. The minimum absolute atomic E-state index is 0.498. The molecule has 0 aliphatic carbocycles. The van der Waals surface area contributed by atoms with Crippen molar-refractivity contribution < 1.29 is 0 Å². The maximum Gasteiger partial charge on any atom is 0.143 e. The zero-order valence-corrected chi connectivity index (χ0v) is 11.6. The van der Waals surface area contributed by atoms with Crippen molar-refractivity contribution in [3.63, 3.8) is 0 Å². The average Bonchev–Trinajstić information content (AvgIpc) is 2.98. The van der Waals surface area contributed by atoms with Crippen LogP contribution >= 0.6 is 0 Å². The van der Waals surface area contributed by atoms with Crippen molar-refractivity contribution in [2.24, 2.45) is 0 Å². The summed E-state index contributed by atoms with van der Waals surface area (Å²) in [6.07, 6.45) is 6.40. The number of benzene rings is 1. The van der Waals surface area contributed by atoms with E-state index in [0.717, 1.165) is 17.8 Å². The third-order valence-electron chi connectivity index (χ3n) is 3.26. The second-order valence-corrected chi connectivity index (χ2v) is 4.66. The zero-order valence-electron chi connectivity index (χ0n) is 11.6. The summed E-state index contributed by atoms with van der Waals surface area (Å²) < 4.78 is 1.69. The molecule has 0 radical (unpaired) electrons. The van der Waals surface area contributed by atoms with Crippen LogP contribution in [0.15, 0.2) is 30.6 Å². The van der Waals surface area contributed by atoms with Crippen LogP contribution in [0.3, 0.4) is 0 Å². The molecule has 0 saturated carbocycles. The Morgan fingerprint density at radius 1 is 1.26 bits per heavy atom. The van der Waals surface area contributed by atoms with Gasteiger partial charge in [0.15, 0.2) is 0 Å². The smallest absolute Gasteiger partial charge is 0.143 e. The van der Waals surface area contributed by atoms with Crippen LogP contribution in [0, 0.1) is 0 Å². The molecule has 2 rings (SSSR count). The third-order valence-corrected chi connectivity index (χ3v) is 3.26. The second-order valence-electron chi connectivity index (χ2n) is 4.66. The first-order valence-corrected chi connectivity index (χ1v) is 6.94. The fourth-order valence-corrected chi connectivity index (χ4v) is 2.12. The molecule has 0 spiro atoms. The fraction of sp³-hybridized carbons (Fsp3) is 0.500. The van der Waals surface area contributed by atoms with Crippen LogP contribution in [0.4, 0.5) is 5.69 Å². The predicted molar refractivity (Wildman–Crippen MR) is 76.4 cm³/mol. The number of nitrogens with one attached hydrogen (secondary N) is 1. The summed E-state index contributed by atoms with van der Waals surface area (Å²) in [6.45, 7) is 4.44. The van der Waals surface area contributed by atoms with E-state index in [9.17, 15) is 0 Å². The van der Waals surface area contributed by atoms with E-state index in [1.54, 1.807) is 11.0 Å². The normalized spacial score (nSPS) is 12.3. The lowest BCUT2D eigenvalue weighted by molar-refractivity contribution is 0.592. The number of hydrogen-bond donors (Lipinski definition) is 1. The van der Waals surface area contributed by atoms with Crippen LogP contribution < -0.4 is 5.32 Å². The standard InChI is InChI=1S/C14H21N5/c1-3-5-8-12(4-2)16-13-9-6-7-10-14(13)19-11-15-17-18-19/h6-7,9-12,16H,3-5,8H2,1-2H3. The molecule has 1 atom stereocenters. The van der Waals surface area contributed by atoms with Gasteiger partial charge in [0.25, 0.3) is 0 Å². The van der Waals surface area contributed by atoms with Crippen molar-refractivity contribution in [2.75, 3.05) is 5.32 Å². The van der Waals surface area contributed by atoms with Gasteiger partial charge in [-0.15, -0.1) is 5.10 Å². The SMILES string of the molecule is CCCCC(CC)Nc1ccccc1-n1cnnn1. The molecule has 0 fully saturated rings. The Morgan fingerprint density at radius 3 is 2.79 bits per heavy atom.